The van der Waals surface area contributed by atoms with E-state index in [9.17, 15) is 29.1 Å². The first kappa shape index (κ1) is 42.1. The molecule has 2 aliphatic rings. The molecule has 2 N–H and O–H groups in total. The molecule has 1 aromatic rings. The van der Waals surface area contributed by atoms with Gasteiger partial charge in [-0.1, -0.05) is 78.3 Å². The van der Waals surface area contributed by atoms with Crippen LogP contribution in [0.1, 0.15) is 85.6 Å². The number of amides is 3. The fraction of sp³-hybridized carbons (Fsp3) is 0.725. The summed E-state index contributed by atoms with van der Waals surface area (Å²) in [7, 11) is 3.36. The summed E-state index contributed by atoms with van der Waals surface area (Å²) < 4.78 is 6.02. The number of likely N-dealkylation sites (tertiary alicyclic amines) is 1. The van der Waals surface area contributed by atoms with Crippen LogP contribution in [0.15, 0.2) is 30.3 Å². The molecule has 0 spiro atoms. The van der Waals surface area contributed by atoms with Gasteiger partial charge in [0.1, 0.15) is 5.78 Å². The van der Waals surface area contributed by atoms with E-state index in [2.05, 4.69) is 19.2 Å². The van der Waals surface area contributed by atoms with E-state index in [-0.39, 0.29) is 79.0 Å². The van der Waals surface area contributed by atoms with E-state index >= 15 is 0 Å². The molecule has 3 amide bonds. The van der Waals surface area contributed by atoms with Crippen LogP contribution < -0.4 is 5.32 Å². The average molecular weight is 713 g/mol. The Kier molecular flexibility index (Phi) is 16.6. The molecule has 2 fully saturated rings. The molecule has 2 saturated heterocycles. The zero-order valence-electron chi connectivity index (χ0n) is 32.3. The van der Waals surface area contributed by atoms with Gasteiger partial charge >= 0.3 is 5.97 Å². The number of benzene rings is 1. The summed E-state index contributed by atoms with van der Waals surface area (Å²) in [5, 5.41) is 13.2. The molecule has 286 valence electrons. The van der Waals surface area contributed by atoms with E-state index in [0.29, 0.717) is 19.6 Å². The topological polar surface area (TPSA) is 137 Å². The summed E-state index contributed by atoms with van der Waals surface area (Å²) in [6, 6.07) is 8.81. The minimum atomic E-state index is -0.986. The number of carbonyl (C=O) groups is 5. The zero-order valence-corrected chi connectivity index (χ0v) is 32.3. The monoisotopic (exact) mass is 712 g/mol. The molecule has 51 heavy (non-hydrogen) atoms. The Hall–Kier alpha value is -3.31. The van der Waals surface area contributed by atoms with E-state index in [4.69, 9.17) is 4.74 Å². The van der Waals surface area contributed by atoms with Crippen molar-refractivity contribution in [3.63, 3.8) is 0 Å². The summed E-state index contributed by atoms with van der Waals surface area (Å²) in [6.07, 6.45) is 2.24. The first-order valence-electron chi connectivity index (χ1n) is 19.1. The maximum Gasteiger partial charge on any atom is 0.307 e. The fourth-order valence-corrected chi connectivity index (χ4v) is 7.97. The van der Waals surface area contributed by atoms with Gasteiger partial charge < -0.3 is 29.9 Å². The smallest absolute Gasteiger partial charge is 0.307 e. The highest BCUT2D eigenvalue weighted by Gasteiger charge is 2.42. The maximum atomic E-state index is 14.2. The number of methoxy groups -OCH3 is 1. The van der Waals surface area contributed by atoms with Crippen LogP contribution in [0.5, 0.6) is 0 Å². The van der Waals surface area contributed by atoms with Gasteiger partial charge in [0.05, 0.1) is 24.5 Å². The Morgan fingerprint density at radius 2 is 1.59 bits per heavy atom. The molecular formula is C40H64N4O7. The van der Waals surface area contributed by atoms with Gasteiger partial charge in [-0.25, -0.2) is 0 Å². The van der Waals surface area contributed by atoms with Gasteiger partial charge in [-0.15, -0.1) is 0 Å². The molecule has 0 aliphatic carbocycles. The van der Waals surface area contributed by atoms with Gasteiger partial charge in [-0.3, -0.25) is 24.0 Å². The van der Waals surface area contributed by atoms with E-state index in [1.165, 1.54) is 0 Å². The lowest BCUT2D eigenvalue weighted by Crippen LogP contribution is -2.54. The number of nitrogens with one attached hydrogen (secondary N) is 1. The van der Waals surface area contributed by atoms with Gasteiger partial charge in [-0.2, -0.15) is 0 Å². The number of carbonyl (C=O) groups excluding carboxylic acids is 4. The zero-order chi connectivity index (χ0) is 37.8. The fourth-order valence-electron chi connectivity index (χ4n) is 7.97. The first-order chi connectivity index (χ1) is 24.2. The standard InChI is InChI=1S/C40H64N4O7/c1-9-27(4)38(42(7)39(48)32(26(2)3)24-36(46)43-20-17-41-18-21-43)35(51-8)25-37(47)44-19-13-16-33(44)28(5)29(6)34(45)23-31(40(49)50)22-30-14-11-10-12-15-30/h10-12,14-15,26-29,31-33,35,38,41H,9,13,16-25H2,1-8H3,(H,49,50)/t27-,28+,29+,31+,32-,33-,35+,38-/m0/s1. The van der Waals surface area contributed by atoms with Crippen molar-refractivity contribution in [1.82, 2.24) is 20.0 Å². The average Bonchev–Trinajstić information content (AvgIpc) is 3.63. The molecule has 1 aromatic carbocycles. The highest BCUT2D eigenvalue weighted by Crippen LogP contribution is 2.33. The van der Waals surface area contributed by atoms with Crippen LogP contribution in [0.4, 0.5) is 0 Å². The van der Waals surface area contributed by atoms with Crippen LogP contribution in [-0.4, -0.2) is 114 Å². The number of hydrogen-bond acceptors (Lipinski definition) is 7. The minimum Gasteiger partial charge on any atom is -0.481 e. The lowest BCUT2D eigenvalue weighted by molar-refractivity contribution is -0.149. The molecule has 0 aromatic heterocycles. The molecule has 0 unspecified atom stereocenters. The lowest BCUT2D eigenvalue weighted by Gasteiger charge is -2.41. The van der Waals surface area contributed by atoms with Crippen molar-refractivity contribution in [2.24, 2.45) is 35.5 Å². The Bertz CT molecular complexity index is 1300. The van der Waals surface area contributed by atoms with E-state index in [1.807, 2.05) is 67.8 Å². The largest absolute Gasteiger partial charge is 0.481 e. The van der Waals surface area contributed by atoms with E-state index in [1.54, 1.807) is 19.1 Å². The maximum absolute atomic E-state index is 14.2. The minimum absolute atomic E-state index is 0.00732. The molecule has 8 atom stereocenters. The second-order valence-electron chi connectivity index (χ2n) is 15.3. The van der Waals surface area contributed by atoms with Crippen molar-refractivity contribution in [2.75, 3.05) is 46.9 Å². The molecule has 3 rings (SSSR count). The molecular weight excluding hydrogens is 648 g/mol. The highest BCUT2D eigenvalue weighted by molar-refractivity contribution is 5.87. The number of nitrogens with zero attached hydrogens (tertiary/aromatic N) is 3. The van der Waals surface area contributed by atoms with E-state index < -0.39 is 29.8 Å². The molecule has 0 saturated carbocycles. The number of rotatable bonds is 19. The van der Waals surface area contributed by atoms with Crippen molar-refractivity contribution in [2.45, 2.75) is 105 Å². The number of hydrogen-bond donors (Lipinski definition) is 2. The number of carboxylic acids is 1. The van der Waals surface area contributed by atoms with Gasteiger partial charge in [-0.05, 0) is 42.6 Å². The predicted octanol–water partition coefficient (Wildman–Crippen LogP) is 4.52. The summed E-state index contributed by atoms with van der Waals surface area (Å²) in [6.45, 7) is 15.3. The van der Waals surface area contributed by atoms with Gasteiger partial charge in [0.2, 0.25) is 17.7 Å². The van der Waals surface area contributed by atoms with Crippen LogP contribution in [0.25, 0.3) is 0 Å². The number of carboxylic acid groups (broad SMARTS) is 1. The second kappa shape index (κ2) is 20.1. The number of ketones is 1. The Balaban J connectivity index is 1.71. The quantitative estimate of drug-likeness (QED) is 0.214. The van der Waals surface area contributed by atoms with Gasteiger partial charge in [0.15, 0.2) is 0 Å². The highest BCUT2D eigenvalue weighted by atomic mass is 16.5. The number of ether oxygens (including phenoxy) is 1. The van der Waals surface area contributed by atoms with Crippen LogP contribution in [0.2, 0.25) is 0 Å². The van der Waals surface area contributed by atoms with Crippen molar-refractivity contribution >= 4 is 29.5 Å². The molecule has 11 nitrogen and oxygen atoms in total. The van der Waals surface area contributed by atoms with E-state index in [0.717, 1.165) is 37.9 Å². The summed E-state index contributed by atoms with van der Waals surface area (Å²) in [5.41, 5.74) is 0.880. The van der Waals surface area contributed by atoms with Crippen LogP contribution in [-0.2, 0) is 35.1 Å². The molecule has 2 heterocycles. The van der Waals surface area contributed by atoms with Crippen molar-refractivity contribution < 1.29 is 33.8 Å². The number of piperazine rings is 1. The van der Waals surface area contributed by atoms with Crippen molar-refractivity contribution in [3.8, 4) is 0 Å². The predicted molar refractivity (Wildman–Crippen MR) is 198 cm³/mol. The number of Topliss-reactive ketones (excluding diaryl/α,β-unsaturated/α-hetero) is 1. The van der Waals surface area contributed by atoms with Gasteiger partial charge in [0.25, 0.3) is 0 Å². The molecule has 0 radical (unpaired) electrons. The third-order valence-electron chi connectivity index (χ3n) is 11.7. The second-order valence-corrected chi connectivity index (χ2v) is 15.3. The Labute approximate surface area is 305 Å². The molecule has 11 heteroatoms. The molecule has 0 bridgehead atoms. The van der Waals surface area contributed by atoms with Crippen molar-refractivity contribution in [1.29, 1.82) is 0 Å². The normalized spacial score (nSPS) is 20.6. The summed E-state index contributed by atoms with van der Waals surface area (Å²) in [4.78, 5) is 72.5. The van der Waals surface area contributed by atoms with Gasteiger partial charge in [0, 0.05) is 77.6 Å². The lowest BCUT2D eigenvalue weighted by atomic mass is 9.81. The van der Waals surface area contributed by atoms with Crippen LogP contribution in [0, 0.1) is 35.5 Å². The Morgan fingerprint density at radius 3 is 2.16 bits per heavy atom. The summed E-state index contributed by atoms with van der Waals surface area (Å²) in [5.74, 6) is -3.20. The number of likely N-dealkylation sites (N-methyl/N-ethyl adjacent to an activating group) is 1. The molecule has 2 aliphatic heterocycles. The third-order valence-corrected chi connectivity index (χ3v) is 11.7. The van der Waals surface area contributed by atoms with Crippen molar-refractivity contribution in [3.05, 3.63) is 35.9 Å². The SMILES string of the molecule is CC[C@H](C)[C@@H]([C@@H](CC(=O)N1CCC[C@H]1[C@H](C)[C@@H](C)C(=O)C[C@@H](Cc1ccccc1)C(=O)O)OC)N(C)C(=O)[C@@H](CC(=O)N1CCNCC1)C(C)C. The summed E-state index contributed by atoms with van der Waals surface area (Å²) >= 11 is 0. The third kappa shape index (κ3) is 11.3. The first-order valence-corrected chi connectivity index (χ1v) is 19.1. The van der Waals surface area contributed by atoms with Crippen LogP contribution >= 0.6 is 0 Å². The number of aliphatic carboxylic acids is 1. The van der Waals surface area contributed by atoms with Crippen LogP contribution in [0.3, 0.4) is 0 Å². The Morgan fingerprint density at radius 1 is 0.941 bits per heavy atom.